The number of hydrogen-bond donors (Lipinski definition) is 0. The van der Waals surface area contributed by atoms with Crippen molar-refractivity contribution >= 4 is 0 Å². The maximum Gasteiger partial charge on any atom is 0.0251 e. The zero-order chi connectivity index (χ0) is 8.65. The van der Waals surface area contributed by atoms with Crippen LogP contribution in [0.3, 0.4) is 0 Å². The molecule has 0 aromatic carbocycles. The van der Waals surface area contributed by atoms with Crippen LogP contribution in [0.25, 0.3) is 0 Å². The van der Waals surface area contributed by atoms with E-state index in [4.69, 9.17) is 0 Å². The van der Waals surface area contributed by atoms with Gasteiger partial charge < -0.3 is 0 Å². The zero-order valence-corrected chi connectivity index (χ0v) is 8.39. The van der Waals surface area contributed by atoms with Crippen LogP contribution in [0.2, 0.25) is 0 Å². The molecule has 1 saturated heterocycles. The van der Waals surface area contributed by atoms with Crippen LogP contribution in [-0.2, 0) is 0 Å². The van der Waals surface area contributed by atoms with Gasteiger partial charge in [-0.25, -0.2) is 0 Å². The minimum Gasteiger partial charge on any atom is -0.299 e. The molecular weight excluding hydrogens is 146 g/mol. The number of unbranched alkanes of at least 4 members (excludes halogenated alkanes) is 3. The van der Waals surface area contributed by atoms with E-state index in [1.54, 1.807) is 0 Å². The third-order valence-corrected chi connectivity index (χ3v) is 2.59. The third kappa shape index (κ3) is 4.10. The highest BCUT2D eigenvalue weighted by atomic mass is 15.1. The molecule has 0 aromatic rings. The molecule has 0 N–H and O–H groups in total. The fourth-order valence-electron chi connectivity index (χ4n) is 1.77. The van der Waals surface area contributed by atoms with Crippen molar-refractivity contribution in [2.24, 2.45) is 0 Å². The predicted octanol–water partition coefficient (Wildman–Crippen LogP) is 3.21. The van der Waals surface area contributed by atoms with Crippen molar-refractivity contribution in [2.45, 2.75) is 51.9 Å². The molecule has 0 bridgehead atoms. The van der Waals surface area contributed by atoms with Crippen LogP contribution < -0.4 is 0 Å². The summed E-state index contributed by atoms with van der Waals surface area (Å²) in [6.45, 7) is 7.31. The van der Waals surface area contributed by atoms with E-state index in [9.17, 15) is 0 Å². The van der Waals surface area contributed by atoms with E-state index in [1.165, 1.54) is 58.0 Å². The van der Waals surface area contributed by atoms with Crippen molar-refractivity contribution in [3.63, 3.8) is 0 Å². The Bertz CT molecular complexity index is 95.2. The molecule has 1 aliphatic heterocycles. The molecule has 0 aliphatic carbocycles. The standard InChI is InChI=1S/C11H22N/c1-2-3-4-6-9-12-10-7-5-8-11-12/h9H,2-8,10-11H2,1H3. The van der Waals surface area contributed by atoms with Crippen molar-refractivity contribution < 1.29 is 0 Å². The van der Waals surface area contributed by atoms with E-state index in [0.717, 1.165) is 0 Å². The zero-order valence-electron chi connectivity index (χ0n) is 8.39. The fraction of sp³-hybridized carbons (Fsp3) is 0.909. The predicted molar refractivity (Wildman–Crippen MR) is 53.9 cm³/mol. The summed E-state index contributed by atoms with van der Waals surface area (Å²) in [4.78, 5) is 2.51. The number of piperidine rings is 1. The van der Waals surface area contributed by atoms with Gasteiger partial charge >= 0.3 is 0 Å². The average Bonchev–Trinajstić information content (AvgIpc) is 2.14. The van der Waals surface area contributed by atoms with Crippen LogP contribution in [0.1, 0.15) is 51.9 Å². The molecule has 12 heavy (non-hydrogen) atoms. The van der Waals surface area contributed by atoms with Gasteiger partial charge in [-0.3, -0.25) is 4.90 Å². The lowest BCUT2D eigenvalue weighted by Gasteiger charge is -2.25. The number of nitrogens with zero attached hydrogens (tertiary/aromatic N) is 1. The number of rotatable bonds is 5. The van der Waals surface area contributed by atoms with Crippen LogP contribution in [-0.4, -0.2) is 18.0 Å². The average molecular weight is 168 g/mol. The highest BCUT2D eigenvalue weighted by molar-refractivity contribution is 4.72. The lowest BCUT2D eigenvalue weighted by atomic mass is 10.1. The molecule has 0 spiro atoms. The third-order valence-electron chi connectivity index (χ3n) is 2.59. The first-order valence-electron chi connectivity index (χ1n) is 5.51. The topological polar surface area (TPSA) is 3.24 Å². The van der Waals surface area contributed by atoms with Crippen molar-refractivity contribution in [1.82, 2.24) is 4.90 Å². The van der Waals surface area contributed by atoms with E-state index in [2.05, 4.69) is 18.4 Å². The summed E-state index contributed by atoms with van der Waals surface area (Å²) >= 11 is 0. The second-order valence-electron chi connectivity index (χ2n) is 3.77. The highest BCUT2D eigenvalue weighted by Crippen LogP contribution is 2.12. The molecule has 0 amide bonds. The normalized spacial score (nSPS) is 19.8. The first-order chi connectivity index (χ1) is 5.93. The Labute approximate surface area is 77.1 Å². The Balaban J connectivity index is 1.91. The first-order valence-corrected chi connectivity index (χ1v) is 5.51. The van der Waals surface area contributed by atoms with Gasteiger partial charge in [0.25, 0.3) is 0 Å². The molecule has 1 heteroatoms. The highest BCUT2D eigenvalue weighted by Gasteiger charge is 2.08. The first kappa shape index (κ1) is 10.0. The Morgan fingerprint density at radius 2 is 1.83 bits per heavy atom. The Kier molecular flexibility index (Phi) is 5.42. The minimum atomic E-state index is 1.30. The quantitative estimate of drug-likeness (QED) is 0.570. The molecule has 1 aliphatic rings. The van der Waals surface area contributed by atoms with Crippen molar-refractivity contribution in [2.75, 3.05) is 13.1 Å². The second-order valence-corrected chi connectivity index (χ2v) is 3.77. The van der Waals surface area contributed by atoms with E-state index < -0.39 is 0 Å². The van der Waals surface area contributed by atoms with Crippen LogP contribution in [0.15, 0.2) is 0 Å². The van der Waals surface area contributed by atoms with Gasteiger partial charge in [0.1, 0.15) is 0 Å². The maximum absolute atomic E-state index is 2.51. The second kappa shape index (κ2) is 6.47. The van der Waals surface area contributed by atoms with E-state index in [-0.39, 0.29) is 0 Å². The monoisotopic (exact) mass is 168 g/mol. The van der Waals surface area contributed by atoms with Gasteiger partial charge in [-0.05, 0) is 32.4 Å². The summed E-state index contributed by atoms with van der Waals surface area (Å²) in [5.41, 5.74) is 0. The van der Waals surface area contributed by atoms with Crippen LogP contribution in [0, 0.1) is 6.54 Å². The molecule has 71 valence electrons. The summed E-state index contributed by atoms with van der Waals surface area (Å²) in [5.74, 6) is 0. The summed E-state index contributed by atoms with van der Waals surface area (Å²) in [6.07, 6.45) is 9.67. The largest absolute Gasteiger partial charge is 0.299 e. The number of hydrogen-bond acceptors (Lipinski definition) is 1. The van der Waals surface area contributed by atoms with Gasteiger partial charge in [0, 0.05) is 6.54 Å². The summed E-state index contributed by atoms with van der Waals surface area (Å²) in [6, 6.07) is 0. The van der Waals surface area contributed by atoms with Crippen molar-refractivity contribution in [3.8, 4) is 0 Å². The smallest absolute Gasteiger partial charge is 0.0251 e. The van der Waals surface area contributed by atoms with E-state index >= 15 is 0 Å². The molecule has 1 rings (SSSR count). The summed E-state index contributed by atoms with van der Waals surface area (Å²) in [7, 11) is 0. The molecule has 0 atom stereocenters. The van der Waals surface area contributed by atoms with Crippen LogP contribution >= 0.6 is 0 Å². The Hall–Kier alpha value is -0.0400. The van der Waals surface area contributed by atoms with E-state index in [0.29, 0.717) is 0 Å². The molecule has 0 saturated carbocycles. The Morgan fingerprint density at radius 1 is 1.08 bits per heavy atom. The SMILES string of the molecule is CCCCC[CH]N1CCCCC1. The Morgan fingerprint density at radius 3 is 2.50 bits per heavy atom. The molecule has 1 heterocycles. The molecule has 1 nitrogen and oxygen atoms in total. The fourth-order valence-corrected chi connectivity index (χ4v) is 1.77. The van der Waals surface area contributed by atoms with E-state index in [1.807, 2.05) is 0 Å². The molecule has 1 fully saturated rings. The molecule has 1 radical (unpaired) electrons. The van der Waals surface area contributed by atoms with Gasteiger partial charge in [0.2, 0.25) is 0 Å². The van der Waals surface area contributed by atoms with Gasteiger partial charge in [0.05, 0.1) is 0 Å². The van der Waals surface area contributed by atoms with Gasteiger partial charge in [-0.2, -0.15) is 0 Å². The van der Waals surface area contributed by atoms with Crippen LogP contribution in [0.5, 0.6) is 0 Å². The van der Waals surface area contributed by atoms with Gasteiger partial charge in [0.15, 0.2) is 0 Å². The summed E-state index contributed by atoms with van der Waals surface area (Å²) < 4.78 is 0. The number of likely N-dealkylation sites (tertiary alicyclic amines) is 1. The van der Waals surface area contributed by atoms with Gasteiger partial charge in [-0.1, -0.05) is 32.6 Å². The minimum absolute atomic E-state index is 1.30. The van der Waals surface area contributed by atoms with Crippen molar-refractivity contribution in [1.29, 1.82) is 0 Å². The lowest BCUT2D eigenvalue weighted by Crippen LogP contribution is -2.27. The van der Waals surface area contributed by atoms with Crippen LogP contribution in [0.4, 0.5) is 0 Å². The molecular formula is C11H22N. The summed E-state index contributed by atoms with van der Waals surface area (Å²) in [5, 5.41) is 0. The van der Waals surface area contributed by atoms with Gasteiger partial charge in [-0.15, -0.1) is 0 Å². The maximum atomic E-state index is 2.51. The molecule has 0 aromatic heterocycles. The van der Waals surface area contributed by atoms with Crippen molar-refractivity contribution in [3.05, 3.63) is 6.54 Å². The molecule has 0 unspecified atom stereocenters. The lowest BCUT2D eigenvalue weighted by molar-refractivity contribution is 0.268.